The molecule has 0 aliphatic carbocycles. The lowest BCUT2D eigenvalue weighted by Crippen LogP contribution is -2.01. The van der Waals surface area contributed by atoms with Crippen LogP contribution < -0.4 is 5.32 Å². The molecule has 0 fully saturated rings. The molecule has 2 aromatic heterocycles. The van der Waals surface area contributed by atoms with Crippen molar-refractivity contribution in [2.45, 2.75) is 0 Å². The second-order valence-electron chi connectivity index (χ2n) is 3.57. The summed E-state index contributed by atoms with van der Waals surface area (Å²) in [6.07, 6.45) is 1.44. The van der Waals surface area contributed by atoms with E-state index in [4.69, 9.17) is 11.6 Å². The van der Waals surface area contributed by atoms with Crippen LogP contribution in [0, 0.1) is 3.57 Å². The number of halogens is 2. The van der Waals surface area contributed by atoms with Gasteiger partial charge in [0, 0.05) is 15.3 Å². The van der Waals surface area contributed by atoms with Crippen LogP contribution in [0.4, 0.5) is 11.5 Å². The lowest BCUT2D eigenvalue weighted by atomic mass is 10.3. The first kappa shape index (κ1) is 11.7. The lowest BCUT2D eigenvalue weighted by molar-refractivity contribution is 0.947. The van der Waals surface area contributed by atoms with Gasteiger partial charge >= 0.3 is 0 Å². The van der Waals surface area contributed by atoms with Gasteiger partial charge in [-0.3, -0.25) is 0 Å². The first-order chi connectivity index (χ1) is 8.72. The number of nitrogens with zero attached hydrogens (tertiary/aromatic N) is 4. The Balaban J connectivity index is 2.03. The highest BCUT2D eigenvalue weighted by Crippen LogP contribution is 2.20. The maximum Gasteiger partial charge on any atom is 0.255 e. The predicted octanol–water partition coefficient (Wildman–Crippen LogP) is 3.13. The van der Waals surface area contributed by atoms with E-state index >= 15 is 0 Å². The van der Waals surface area contributed by atoms with Gasteiger partial charge in [0.05, 0.1) is 0 Å². The molecule has 5 nitrogen and oxygen atoms in total. The average molecular weight is 372 g/mol. The number of hydrogen-bond acceptors (Lipinski definition) is 4. The predicted molar refractivity (Wildman–Crippen MR) is 78.2 cm³/mol. The van der Waals surface area contributed by atoms with Crippen LogP contribution in [0.3, 0.4) is 0 Å². The van der Waals surface area contributed by atoms with Gasteiger partial charge in [-0.15, -0.1) is 0 Å². The molecule has 1 N–H and O–H groups in total. The van der Waals surface area contributed by atoms with Gasteiger partial charge in [-0.25, -0.2) is 0 Å². The average Bonchev–Trinajstić information content (AvgIpc) is 2.80. The smallest absolute Gasteiger partial charge is 0.255 e. The summed E-state index contributed by atoms with van der Waals surface area (Å²) in [5.41, 5.74) is 0.953. The van der Waals surface area contributed by atoms with Crippen molar-refractivity contribution in [1.82, 2.24) is 19.6 Å². The summed E-state index contributed by atoms with van der Waals surface area (Å²) >= 11 is 8.20. The Morgan fingerprint density at radius 3 is 2.78 bits per heavy atom. The highest BCUT2D eigenvalue weighted by atomic mass is 127. The molecule has 0 aliphatic heterocycles. The largest absolute Gasteiger partial charge is 0.340 e. The zero-order valence-corrected chi connectivity index (χ0v) is 11.9. The molecule has 0 aliphatic rings. The molecule has 0 atom stereocenters. The van der Waals surface area contributed by atoms with E-state index in [0.29, 0.717) is 10.9 Å². The van der Waals surface area contributed by atoms with Crippen LogP contribution in [0.15, 0.2) is 36.7 Å². The van der Waals surface area contributed by atoms with Gasteiger partial charge < -0.3 is 5.32 Å². The Morgan fingerprint density at radius 2 is 2.00 bits per heavy atom. The molecule has 1 aromatic carbocycles. The summed E-state index contributed by atoms with van der Waals surface area (Å²) in [5, 5.41) is 7.71. The van der Waals surface area contributed by atoms with Crippen molar-refractivity contribution in [2.24, 2.45) is 0 Å². The number of rotatable bonds is 2. The van der Waals surface area contributed by atoms with E-state index in [0.717, 1.165) is 11.5 Å². The van der Waals surface area contributed by atoms with E-state index < -0.39 is 0 Å². The molecule has 3 rings (SSSR count). The maximum atomic E-state index is 5.94. The summed E-state index contributed by atoms with van der Waals surface area (Å²) in [4.78, 5) is 8.08. The molecule has 0 saturated carbocycles. The van der Waals surface area contributed by atoms with Gasteiger partial charge in [-0.1, -0.05) is 11.6 Å². The first-order valence-corrected chi connectivity index (χ1v) is 6.57. The van der Waals surface area contributed by atoms with Crippen LogP contribution in [-0.4, -0.2) is 19.6 Å². The molecular formula is C11H7ClIN5. The van der Waals surface area contributed by atoms with Crippen molar-refractivity contribution in [3.8, 4) is 0 Å². The van der Waals surface area contributed by atoms with Crippen molar-refractivity contribution in [2.75, 3.05) is 5.32 Å². The Labute approximate surface area is 121 Å². The van der Waals surface area contributed by atoms with E-state index in [9.17, 15) is 0 Å². The summed E-state index contributed by atoms with van der Waals surface area (Å²) in [5.74, 6) is 1.19. The Hall–Kier alpha value is -1.41. The molecule has 18 heavy (non-hydrogen) atoms. The molecule has 3 aromatic rings. The number of fused-ring (bicyclic) bond motifs is 1. The second kappa shape index (κ2) is 4.69. The topological polar surface area (TPSA) is 55.1 Å². The minimum Gasteiger partial charge on any atom is -0.340 e. The highest BCUT2D eigenvalue weighted by Gasteiger charge is 2.06. The molecule has 90 valence electrons. The van der Waals surface area contributed by atoms with Crippen LogP contribution in [-0.2, 0) is 0 Å². The lowest BCUT2D eigenvalue weighted by Gasteiger charge is -2.08. The fourth-order valence-corrected chi connectivity index (χ4v) is 2.09. The van der Waals surface area contributed by atoms with E-state index in [2.05, 4.69) is 43.0 Å². The number of hydrogen-bond donors (Lipinski definition) is 1. The van der Waals surface area contributed by atoms with E-state index in [1.165, 1.54) is 9.90 Å². The fraction of sp³-hybridized carbons (Fsp3) is 0. The minimum absolute atomic E-state index is 0.378. The highest BCUT2D eigenvalue weighted by molar-refractivity contribution is 14.1. The van der Waals surface area contributed by atoms with Crippen LogP contribution >= 0.6 is 34.2 Å². The van der Waals surface area contributed by atoms with Crippen LogP contribution in [0.1, 0.15) is 0 Å². The summed E-state index contributed by atoms with van der Waals surface area (Å²) in [7, 11) is 0. The van der Waals surface area contributed by atoms with Crippen molar-refractivity contribution in [1.29, 1.82) is 0 Å². The molecule has 0 bridgehead atoms. The zero-order valence-electron chi connectivity index (χ0n) is 9.01. The third kappa shape index (κ3) is 2.25. The quantitative estimate of drug-likeness (QED) is 0.555. The van der Waals surface area contributed by atoms with Crippen molar-refractivity contribution >= 4 is 51.5 Å². The molecule has 0 saturated heterocycles. The minimum atomic E-state index is 0.378. The van der Waals surface area contributed by atoms with Gasteiger partial charge in [-0.2, -0.15) is 19.6 Å². The van der Waals surface area contributed by atoms with Crippen LogP contribution in [0.5, 0.6) is 0 Å². The summed E-state index contributed by atoms with van der Waals surface area (Å²) < 4.78 is 2.78. The third-order valence-electron chi connectivity index (χ3n) is 2.34. The summed E-state index contributed by atoms with van der Waals surface area (Å²) in [6.45, 7) is 0. The van der Waals surface area contributed by atoms with Gasteiger partial charge in [0.1, 0.15) is 17.3 Å². The Kier molecular flexibility index (Phi) is 3.04. The van der Waals surface area contributed by atoms with Crippen molar-refractivity contribution < 1.29 is 0 Å². The molecule has 2 heterocycles. The number of benzene rings is 1. The third-order valence-corrected chi connectivity index (χ3v) is 3.25. The van der Waals surface area contributed by atoms with Crippen LogP contribution in [0.25, 0.3) is 5.78 Å². The zero-order chi connectivity index (χ0) is 12.5. The fourth-order valence-electron chi connectivity index (χ4n) is 1.55. The van der Waals surface area contributed by atoms with Crippen LogP contribution in [0.2, 0.25) is 5.15 Å². The van der Waals surface area contributed by atoms with E-state index in [1.54, 1.807) is 10.6 Å². The standard InChI is InChI=1S/C11H7ClIN5/c12-9-5-10(18-11(17-9)14-6-15-18)16-8-3-1-7(13)2-4-8/h1-6,16H. The maximum absolute atomic E-state index is 5.94. The van der Waals surface area contributed by atoms with Gasteiger partial charge in [-0.05, 0) is 46.9 Å². The van der Waals surface area contributed by atoms with Crippen molar-refractivity contribution in [3.63, 3.8) is 0 Å². The Morgan fingerprint density at radius 1 is 1.22 bits per heavy atom. The van der Waals surface area contributed by atoms with Gasteiger partial charge in [0.15, 0.2) is 0 Å². The normalized spacial score (nSPS) is 10.8. The first-order valence-electron chi connectivity index (χ1n) is 5.11. The number of anilines is 2. The SMILES string of the molecule is Clc1cc(Nc2ccc(I)cc2)n2ncnc2n1. The molecule has 0 spiro atoms. The van der Waals surface area contributed by atoms with Crippen molar-refractivity contribution in [3.05, 3.63) is 45.4 Å². The van der Waals surface area contributed by atoms with Gasteiger partial charge in [0.2, 0.25) is 0 Å². The molecule has 0 radical (unpaired) electrons. The van der Waals surface area contributed by atoms with E-state index in [-0.39, 0.29) is 0 Å². The molecule has 0 unspecified atom stereocenters. The monoisotopic (exact) mass is 371 g/mol. The summed E-state index contributed by atoms with van der Waals surface area (Å²) in [6, 6.07) is 9.72. The number of nitrogens with one attached hydrogen (secondary N) is 1. The molecular weight excluding hydrogens is 365 g/mol. The van der Waals surface area contributed by atoms with E-state index in [1.807, 2.05) is 24.3 Å². The second-order valence-corrected chi connectivity index (χ2v) is 5.20. The Bertz CT molecular complexity index is 694. The molecule has 0 amide bonds. The molecule has 7 heteroatoms. The van der Waals surface area contributed by atoms with Gasteiger partial charge in [0.25, 0.3) is 5.78 Å². The number of aromatic nitrogens is 4.